The summed E-state index contributed by atoms with van der Waals surface area (Å²) in [5.74, 6) is 0.810. The first-order valence-electron chi connectivity index (χ1n) is 8.44. The summed E-state index contributed by atoms with van der Waals surface area (Å²) >= 11 is 0. The van der Waals surface area contributed by atoms with Crippen LogP contribution in [0.2, 0.25) is 0 Å². The van der Waals surface area contributed by atoms with Crippen LogP contribution < -0.4 is 15.2 Å². The van der Waals surface area contributed by atoms with Gasteiger partial charge in [0, 0.05) is 5.92 Å². The predicted octanol–water partition coefficient (Wildman–Crippen LogP) is 3.96. The number of methoxy groups -OCH3 is 1. The van der Waals surface area contributed by atoms with Crippen LogP contribution >= 0.6 is 0 Å². The van der Waals surface area contributed by atoms with Gasteiger partial charge in [0.1, 0.15) is 6.61 Å². The monoisotopic (exact) mass is 341 g/mol. The highest BCUT2D eigenvalue weighted by molar-refractivity contribution is 5.77. The maximum Gasteiger partial charge on any atom is 0.221 e. The Balaban J connectivity index is 2.19. The standard InChI is InChI=1S/C21H27NO3/c1-21(2,3)17(20(22)23)12-16-10-11-18(24-4)19(13-16)25-14-15-8-6-5-7-9-15/h5-11,13,17H,12,14H2,1-4H3,(H2,22,23). The number of ether oxygens (including phenoxy) is 2. The molecule has 1 amide bonds. The van der Waals surface area contributed by atoms with Gasteiger partial charge in [-0.15, -0.1) is 0 Å². The van der Waals surface area contributed by atoms with E-state index in [-0.39, 0.29) is 17.2 Å². The van der Waals surface area contributed by atoms with E-state index in [9.17, 15) is 4.79 Å². The summed E-state index contributed by atoms with van der Waals surface area (Å²) in [5, 5.41) is 0. The summed E-state index contributed by atoms with van der Waals surface area (Å²) in [7, 11) is 1.62. The van der Waals surface area contributed by atoms with Crippen LogP contribution in [0.15, 0.2) is 48.5 Å². The second-order valence-electron chi connectivity index (χ2n) is 7.28. The molecule has 0 saturated carbocycles. The van der Waals surface area contributed by atoms with Gasteiger partial charge in [-0.2, -0.15) is 0 Å². The van der Waals surface area contributed by atoms with Gasteiger partial charge >= 0.3 is 0 Å². The molecule has 0 heterocycles. The normalized spacial score (nSPS) is 12.5. The lowest BCUT2D eigenvalue weighted by Crippen LogP contribution is -2.35. The zero-order chi connectivity index (χ0) is 18.4. The van der Waals surface area contributed by atoms with Gasteiger partial charge in [-0.25, -0.2) is 0 Å². The zero-order valence-electron chi connectivity index (χ0n) is 15.4. The van der Waals surface area contributed by atoms with E-state index in [1.807, 2.05) is 69.3 Å². The topological polar surface area (TPSA) is 61.5 Å². The third-order valence-electron chi connectivity index (χ3n) is 4.29. The van der Waals surface area contributed by atoms with Gasteiger partial charge < -0.3 is 15.2 Å². The fourth-order valence-corrected chi connectivity index (χ4v) is 2.77. The molecule has 4 heteroatoms. The third-order valence-corrected chi connectivity index (χ3v) is 4.29. The summed E-state index contributed by atoms with van der Waals surface area (Å²) in [5.41, 5.74) is 7.49. The number of hydrogen-bond donors (Lipinski definition) is 1. The van der Waals surface area contributed by atoms with E-state index in [2.05, 4.69) is 0 Å². The Labute approximate surface area is 150 Å². The highest BCUT2D eigenvalue weighted by Gasteiger charge is 2.29. The number of nitrogens with two attached hydrogens (primary N) is 1. The van der Waals surface area contributed by atoms with Crippen molar-refractivity contribution in [2.24, 2.45) is 17.1 Å². The number of carbonyl (C=O) groups excluding carboxylic acids is 1. The Hall–Kier alpha value is -2.49. The number of hydrogen-bond acceptors (Lipinski definition) is 3. The van der Waals surface area contributed by atoms with Crippen molar-refractivity contribution in [2.75, 3.05) is 7.11 Å². The molecular weight excluding hydrogens is 314 g/mol. The first kappa shape index (κ1) is 18.8. The van der Waals surface area contributed by atoms with Crippen molar-refractivity contribution < 1.29 is 14.3 Å². The summed E-state index contributed by atoms with van der Waals surface area (Å²) in [6, 6.07) is 15.7. The molecule has 0 aromatic heterocycles. The van der Waals surface area contributed by atoms with E-state index < -0.39 is 0 Å². The van der Waals surface area contributed by atoms with Crippen molar-refractivity contribution in [3.63, 3.8) is 0 Å². The summed E-state index contributed by atoms with van der Waals surface area (Å²) < 4.78 is 11.3. The highest BCUT2D eigenvalue weighted by atomic mass is 16.5. The number of primary amides is 1. The first-order valence-corrected chi connectivity index (χ1v) is 8.44. The fourth-order valence-electron chi connectivity index (χ4n) is 2.77. The molecule has 1 atom stereocenters. The Morgan fingerprint density at radius 3 is 2.28 bits per heavy atom. The van der Waals surface area contributed by atoms with Gasteiger partial charge in [-0.3, -0.25) is 4.79 Å². The Kier molecular flexibility index (Phi) is 6.07. The average Bonchev–Trinajstić information content (AvgIpc) is 2.57. The van der Waals surface area contributed by atoms with Crippen LogP contribution in [0.25, 0.3) is 0 Å². The number of rotatable bonds is 7. The summed E-state index contributed by atoms with van der Waals surface area (Å²) in [6.07, 6.45) is 0.574. The molecule has 0 bridgehead atoms. The minimum absolute atomic E-state index is 0.198. The number of amides is 1. The molecule has 0 saturated heterocycles. The minimum Gasteiger partial charge on any atom is -0.493 e. The van der Waals surface area contributed by atoms with E-state index >= 15 is 0 Å². The van der Waals surface area contributed by atoms with Gasteiger partial charge in [0.05, 0.1) is 7.11 Å². The Morgan fingerprint density at radius 2 is 1.72 bits per heavy atom. The molecule has 2 rings (SSSR count). The van der Waals surface area contributed by atoms with Crippen LogP contribution in [0.5, 0.6) is 11.5 Å². The van der Waals surface area contributed by atoms with Crippen LogP contribution in [0.3, 0.4) is 0 Å². The fraction of sp³-hybridized carbons (Fsp3) is 0.381. The summed E-state index contributed by atoms with van der Waals surface area (Å²) in [4.78, 5) is 11.8. The maximum atomic E-state index is 11.8. The molecule has 2 aromatic rings. The van der Waals surface area contributed by atoms with Gasteiger partial charge in [0.25, 0.3) is 0 Å². The van der Waals surface area contributed by atoms with Crippen LogP contribution in [0.4, 0.5) is 0 Å². The molecule has 134 valence electrons. The SMILES string of the molecule is COc1ccc(CC(C(N)=O)C(C)(C)C)cc1OCc1ccccc1. The molecule has 4 nitrogen and oxygen atoms in total. The van der Waals surface area contributed by atoms with Crippen LogP contribution in [-0.2, 0) is 17.8 Å². The highest BCUT2D eigenvalue weighted by Crippen LogP contribution is 2.33. The maximum absolute atomic E-state index is 11.8. The number of benzene rings is 2. The summed E-state index contributed by atoms with van der Waals surface area (Å²) in [6.45, 7) is 6.54. The smallest absolute Gasteiger partial charge is 0.221 e. The quantitative estimate of drug-likeness (QED) is 0.829. The molecular formula is C21H27NO3. The van der Waals surface area contributed by atoms with Gasteiger partial charge in [-0.05, 0) is 35.1 Å². The molecule has 1 unspecified atom stereocenters. The number of carbonyl (C=O) groups is 1. The molecule has 0 aliphatic rings. The molecule has 0 spiro atoms. The van der Waals surface area contributed by atoms with E-state index in [1.165, 1.54) is 0 Å². The lowest BCUT2D eigenvalue weighted by Gasteiger charge is -2.28. The van der Waals surface area contributed by atoms with E-state index in [4.69, 9.17) is 15.2 Å². The third kappa shape index (κ3) is 5.24. The van der Waals surface area contributed by atoms with E-state index in [1.54, 1.807) is 7.11 Å². The van der Waals surface area contributed by atoms with Gasteiger partial charge in [0.15, 0.2) is 11.5 Å². The van der Waals surface area contributed by atoms with Crippen LogP contribution in [-0.4, -0.2) is 13.0 Å². The molecule has 2 aromatic carbocycles. The van der Waals surface area contributed by atoms with Crippen molar-refractivity contribution in [3.8, 4) is 11.5 Å². The molecule has 0 aliphatic carbocycles. The average molecular weight is 341 g/mol. The second-order valence-corrected chi connectivity index (χ2v) is 7.28. The van der Waals surface area contributed by atoms with Crippen molar-refractivity contribution in [1.82, 2.24) is 0 Å². The van der Waals surface area contributed by atoms with Crippen molar-refractivity contribution in [3.05, 3.63) is 59.7 Å². The predicted molar refractivity (Wildman–Crippen MR) is 99.6 cm³/mol. The molecule has 0 radical (unpaired) electrons. The Morgan fingerprint density at radius 1 is 1.04 bits per heavy atom. The minimum atomic E-state index is -0.282. The van der Waals surface area contributed by atoms with Gasteiger partial charge in [-0.1, -0.05) is 57.2 Å². The van der Waals surface area contributed by atoms with Crippen molar-refractivity contribution in [1.29, 1.82) is 0 Å². The van der Waals surface area contributed by atoms with Crippen LogP contribution in [0.1, 0.15) is 31.9 Å². The lowest BCUT2D eigenvalue weighted by atomic mass is 9.77. The molecule has 2 N–H and O–H groups in total. The Bertz CT molecular complexity index is 705. The zero-order valence-corrected chi connectivity index (χ0v) is 15.4. The largest absolute Gasteiger partial charge is 0.493 e. The molecule has 0 fully saturated rings. The van der Waals surface area contributed by atoms with E-state index in [0.29, 0.717) is 24.5 Å². The van der Waals surface area contributed by atoms with Gasteiger partial charge in [0.2, 0.25) is 5.91 Å². The molecule has 0 aliphatic heterocycles. The van der Waals surface area contributed by atoms with Crippen molar-refractivity contribution >= 4 is 5.91 Å². The molecule has 25 heavy (non-hydrogen) atoms. The van der Waals surface area contributed by atoms with E-state index in [0.717, 1.165) is 11.1 Å². The lowest BCUT2D eigenvalue weighted by molar-refractivity contribution is -0.124. The van der Waals surface area contributed by atoms with Crippen LogP contribution in [0, 0.1) is 11.3 Å². The first-order chi connectivity index (χ1) is 11.8. The van der Waals surface area contributed by atoms with Crippen molar-refractivity contribution in [2.45, 2.75) is 33.8 Å². The second kappa shape index (κ2) is 8.06.